The number of unbranched alkanes of at least 4 members (excludes halogenated alkanes) is 2. The van der Waals surface area contributed by atoms with Gasteiger partial charge in [-0.2, -0.15) is 0 Å². The molecule has 0 aliphatic carbocycles. The van der Waals surface area contributed by atoms with Crippen LogP contribution in [0.4, 0.5) is 4.39 Å². The number of alkyl halides is 1. The van der Waals surface area contributed by atoms with E-state index < -0.39 is 0 Å². The van der Waals surface area contributed by atoms with Gasteiger partial charge < -0.3 is 5.32 Å². The molecule has 0 saturated carbocycles. The van der Waals surface area contributed by atoms with Crippen LogP contribution in [0, 0.1) is 5.82 Å². The summed E-state index contributed by atoms with van der Waals surface area (Å²) >= 11 is 8.30. The number of rotatable bonds is 7. The third kappa shape index (κ3) is 5.46. The molecule has 0 heterocycles. The molecular weight excluding hydrogens is 339 g/mol. The van der Waals surface area contributed by atoms with Gasteiger partial charge in [-0.05, 0) is 41.5 Å². The molecule has 16 heavy (non-hydrogen) atoms. The molecule has 90 valence electrons. The maximum Gasteiger partial charge on any atom is 0.124 e. The van der Waals surface area contributed by atoms with Crippen molar-refractivity contribution < 1.29 is 4.39 Å². The standard InChI is InChI=1S/C12H16ClFIN/c13-12-8-11(14)5-4-10(12)9-16-7-3-1-2-6-15/h4-5,8,16H,1-3,6-7,9H2. The van der Waals surface area contributed by atoms with Gasteiger partial charge in [-0.25, -0.2) is 4.39 Å². The van der Waals surface area contributed by atoms with E-state index in [-0.39, 0.29) is 5.82 Å². The van der Waals surface area contributed by atoms with Gasteiger partial charge >= 0.3 is 0 Å². The minimum absolute atomic E-state index is 0.282. The zero-order valence-corrected chi connectivity index (χ0v) is 12.0. The van der Waals surface area contributed by atoms with Crippen LogP contribution in [0.3, 0.4) is 0 Å². The van der Waals surface area contributed by atoms with E-state index in [1.807, 2.05) is 0 Å². The number of hydrogen-bond acceptors (Lipinski definition) is 1. The normalized spacial score (nSPS) is 10.7. The second-order valence-corrected chi connectivity index (χ2v) is 5.15. The van der Waals surface area contributed by atoms with Crippen molar-refractivity contribution in [2.24, 2.45) is 0 Å². The molecule has 4 heteroatoms. The van der Waals surface area contributed by atoms with Gasteiger partial charge in [-0.3, -0.25) is 0 Å². The van der Waals surface area contributed by atoms with E-state index in [9.17, 15) is 4.39 Å². The first kappa shape index (κ1) is 14.2. The zero-order valence-electron chi connectivity index (χ0n) is 9.11. The molecule has 1 aromatic carbocycles. The van der Waals surface area contributed by atoms with Crippen LogP contribution in [0.25, 0.3) is 0 Å². The molecule has 0 radical (unpaired) electrons. The van der Waals surface area contributed by atoms with E-state index in [1.165, 1.54) is 35.8 Å². The fourth-order valence-corrected chi connectivity index (χ4v) is 2.18. The average Bonchev–Trinajstić information content (AvgIpc) is 2.26. The molecule has 0 atom stereocenters. The van der Waals surface area contributed by atoms with E-state index in [0.717, 1.165) is 12.1 Å². The summed E-state index contributed by atoms with van der Waals surface area (Å²) in [6.45, 7) is 1.70. The van der Waals surface area contributed by atoms with Gasteiger partial charge in [0.05, 0.1) is 0 Å². The highest BCUT2D eigenvalue weighted by Gasteiger charge is 2.00. The molecule has 1 rings (SSSR count). The summed E-state index contributed by atoms with van der Waals surface area (Å²) in [5.41, 5.74) is 0.956. The van der Waals surface area contributed by atoms with Crippen molar-refractivity contribution in [1.82, 2.24) is 5.32 Å². The zero-order chi connectivity index (χ0) is 11.8. The van der Waals surface area contributed by atoms with Crippen LogP contribution in [-0.2, 0) is 6.54 Å². The van der Waals surface area contributed by atoms with Crippen molar-refractivity contribution in [3.63, 3.8) is 0 Å². The Morgan fingerprint density at radius 2 is 2.06 bits per heavy atom. The van der Waals surface area contributed by atoms with Gasteiger partial charge in [0.15, 0.2) is 0 Å². The predicted octanol–water partition coefficient (Wildman–Crippen LogP) is 4.17. The summed E-state index contributed by atoms with van der Waals surface area (Å²) in [5, 5.41) is 3.81. The van der Waals surface area contributed by atoms with Crippen molar-refractivity contribution >= 4 is 34.2 Å². The second-order valence-electron chi connectivity index (χ2n) is 3.66. The molecule has 0 amide bonds. The van der Waals surface area contributed by atoms with Crippen LogP contribution in [0.15, 0.2) is 18.2 Å². The summed E-state index contributed by atoms with van der Waals surface area (Å²) < 4.78 is 14.0. The molecule has 0 spiro atoms. The van der Waals surface area contributed by atoms with Crippen molar-refractivity contribution in [2.45, 2.75) is 25.8 Å². The molecule has 0 aromatic heterocycles. The van der Waals surface area contributed by atoms with Crippen LogP contribution in [0.1, 0.15) is 24.8 Å². The lowest BCUT2D eigenvalue weighted by molar-refractivity contribution is 0.613. The Morgan fingerprint density at radius 1 is 1.25 bits per heavy atom. The molecule has 0 unspecified atom stereocenters. The first-order chi connectivity index (χ1) is 7.74. The summed E-state index contributed by atoms with van der Waals surface area (Å²) in [4.78, 5) is 0. The molecule has 0 aliphatic heterocycles. The topological polar surface area (TPSA) is 12.0 Å². The van der Waals surface area contributed by atoms with Crippen LogP contribution in [0.5, 0.6) is 0 Å². The van der Waals surface area contributed by atoms with Gasteiger partial charge in [0.25, 0.3) is 0 Å². The lowest BCUT2D eigenvalue weighted by Crippen LogP contribution is -2.15. The van der Waals surface area contributed by atoms with E-state index in [4.69, 9.17) is 11.6 Å². The smallest absolute Gasteiger partial charge is 0.124 e. The maximum atomic E-state index is 12.8. The predicted molar refractivity (Wildman–Crippen MR) is 75.9 cm³/mol. The third-order valence-electron chi connectivity index (χ3n) is 2.32. The molecule has 0 saturated heterocycles. The molecule has 0 fully saturated rings. The number of halogens is 3. The second kappa shape index (κ2) is 8.25. The number of hydrogen-bond donors (Lipinski definition) is 1. The lowest BCUT2D eigenvalue weighted by Gasteiger charge is -2.06. The van der Waals surface area contributed by atoms with Crippen molar-refractivity contribution in [3.05, 3.63) is 34.6 Å². The molecule has 0 bridgehead atoms. The Balaban J connectivity index is 2.21. The van der Waals surface area contributed by atoms with Crippen LogP contribution < -0.4 is 5.32 Å². The summed E-state index contributed by atoms with van der Waals surface area (Å²) in [6.07, 6.45) is 3.72. The first-order valence-corrected chi connectivity index (χ1v) is 7.35. The Morgan fingerprint density at radius 3 is 2.75 bits per heavy atom. The minimum Gasteiger partial charge on any atom is -0.313 e. The highest BCUT2D eigenvalue weighted by Crippen LogP contribution is 2.16. The molecule has 0 aliphatic rings. The lowest BCUT2D eigenvalue weighted by atomic mass is 10.2. The number of benzene rings is 1. The third-order valence-corrected chi connectivity index (χ3v) is 3.43. The van der Waals surface area contributed by atoms with Crippen LogP contribution in [0.2, 0.25) is 5.02 Å². The molecule has 1 N–H and O–H groups in total. The largest absolute Gasteiger partial charge is 0.313 e. The maximum absolute atomic E-state index is 12.8. The molecule has 1 aromatic rings. The van der Waals surface area contributed by atoms with Crippen LogP contribution >= 0.6 is 34.2 Å². The quantitative estimate of drug-likeness (QED) is 0.440. The Labute approximate surface area is 115 Å². The highest BCUT2D eigenvalue weighted by atomic mass is 127. The van der Waals surface area contributed by atoms with E-state index >= 15 is 0 Å². The van der Waals surface area contributed by atoms with Gasteiger partial charge in [0, 0.05) is 11.6 Å². The van der Waals surface area contributed by atoms with Gasteiger partial charge in [-0.15, -0.1) is 0 Å². The Hall–Kier alpha value is 0.130. The van der Waals surface area contributed by atoms with E-state index in [1.54, 1.807) is 6.07 Å². The molecular formula is C12H16ClFIN. The fraction of sp³-hybridized carbons (Fsp3) is 0.500. The monoisotopic (exact) mass is 355 g/mol. The Bertz CT molecular complexity index is 320. The summed E-state index contributed by atoms with van der Waals surface area (Å²) in [5.74, 6) is -0.282. The van der Waals surface area contributed by atoms with E-state index in [2.05, 4.69) is 27.9 Å². The van der Waals surface area contributed by atoms with Gasteiger partial charge in [0.2, 0.25) is 0 Å². The fourth-order valence-electron chi connectivity index (χ4n) is 1.41. The van der Waals surface area contributed by atoms with Crippen molar-refractivity contribution in [2.75, 3.05) is 11.0 Å². The van der Waals surface area contributed by atoms with E-state index in [0.29, 0.717) is 11.6 Å². The Kier molecular flexibility index (Phi) is 7.32. The summed E-state index contributed by atoms with van der Waals surface area (Å²) in [6, 6.07) is 4.53. The number of nitrogens with one attached hydrogen (secondary N) is 1. The summed E-state index contributed by atoms with van der Waals surface area (Å²) in [7, 11) is 0. The van der Waals surface area contributed by atoms with Crippen molar-refractivity contribution in [1.29, 1.82) is 0 Å². The molecule has 1 nitrogen and oxygen atoms in total. The average molecular weight is 356 g/mol. The van der Waals surface area contributed by atoms with Gasteiger partial charge in [0.1, 0.15) is 5.82 Å². The van der Waals surface area contributed by atoms with Gasteiger partial charge in [-0.1, -0.05) is 46.7 Å². The van der Waals surface area contributed by atoms with Crippen LogP contribution in [-0.4, -0.2) is 11.0 Å². The minimum atomic E-state index is -0.282. The van der Waals surface area contributed by atoms with Crippen molar-refractivity contribution in [3.8, 4) is 0 Å². The first-order valence-electron chi connectivity index (χ1n) is 5.44. The SMILES string of the molecule is Fc1ccc(CNCCCCCI)c(Cl)c1. The highest BCUT2D eigenvalue weighted by molar-refractivity contribution is 14.1.